The zero-order chi connectivity index (χ0) is 18.4. The van der Waals surface area contributed by atoms with Crippen molar-refractivity contribution in [3.63, 3.8) is 0 Å². The van der Waals surface area contributed by atoms with Crippen LogP contribution >= 0.6 is 11.8 Å². The molecule has 0 aliphatic carbocycles. The molecule has 2 rings (SSSR count). The van der Waals surface area contributed by atoms with Gasteiger partial charge in [0, 0.05) is 19.9 Å². The smallest absolute Gasteiger partial charge is 0.293 e. The summed E-state index contributed by atoms with van der Waals surface area (Å²) in [4.78, 5) is 47.9. The number of carbonyl (C=O) groups is 4. The summed E-state index contributed by atoms with van der Waals surface area (Å²) in [5, 5.41) is -0.438. The fourth-order valence-corrected chi connectivity index (χ4v) is 2.87. The molecule has 1 aliphatic heterocycles. The van der Waals surface area contributed by atoms with Crippen LogP contribution in [0.4, 0.5) is 4.79 Å². The van der Waals surface area contributed by atoms with Crippen molar-refractivity contribution in [2.45, 2.75) is 13.3 Å². The first kappa shape index (κ1) is 18.5. The summed E-state index contributed by atoms with van der Waals surface area (Å²) in [6.07, 6.45) is 1.50. The molecule has 2 N–H and O–H groups in total. The number of methoxy groups -OCH3 is 1. The third-order valence-corrected chi connectivity index (χ3v) is 4.11. The molecule has 0 atom stereocenters. The van der Waals surface area contributed by atoms with Crippen LogP contribution in [0.25, 0.3) is 6.08 Å². The van der Waals surface area contributed by atoms with E-state index in [4.69, 9.17) is 4.74 Å². The van der Waals surface area contributed by atoms with Gasteiger partial charge >= 0.3 is 0 Å². The topological polar surface area (TPSA) is 105 Å². The number of hydrazine groups is 1. The van der Waals surface area contributed by atoms with Gasteiger partial charge < -0.3 is 4.74 Å². The second kappa shape index (κ2) is 8.34. The highest BCUT2D eigenvalue weighted by atomic mass is 32.2. The number of benzene rings is 1. The molecule has 1 saturated heterocycles. The molecule has 1 aromatic rings. The van der Waals surface area contributed by atoms with Crippen LogP contribution in [0.15, 0.2) is 29.2 Å². The van der Waals surface area contributed by atoms with Crippen molar-refractivity contribution in [3.8, 4) is 5.75 Å². The maximum atomic E-state index is 12.3. The van der Waals surface area contributed by atoms with Gasteiger partial charge in [0.1, 0.15) is 5.75 Å². The minimum Gasteiger partial charge on any atom is -0.497 e. The normalized spacial score (nSPS) is 15.4. The van der Waals surface area contributed by atoms with E-state index in [0.29, 0.717) is 5.75 Å². The molecule has 0 aromatic heterocycles. The quantitative estimate of drug-likeness (QED) is 0.603. The molecule has 132 valence electrons. The van der Waals surface area contributed by atoms with E-state index in [0.717, 1.165) is 22.2 Å². The molecule has 25 heavy (non-hydrogen) atoms. The van der Waals surface area contributed by atoms with Crippen LogP contribution < -0.4 is 15.6 Å². The Morgan fingerprint density at radius 1 is 1.28 bits per heavy atom. The van der Waals surface area contributed by atoms with Crippen LogP contribution in [-0.4, -0.2) is 41.5 Å². The number of rotatable bonds is 5. The van der Waals surface area contributed by atoms with Crippen LogP contribution in [0.3, 0.4) is 0 Å². The predicted molar refractivity (Wildman–Crippen MR) is 92.2 cm³/mol. The lowest BCUT2D eigenvalue weighted by Crippen LogP contribution is -2.42. The third kappa shape index (κ3) is 5.08. The van der Waals surface area contributed by atoms with Gasteiger partial charge in [-0.3, -0.25) is 34.9 Å². The van der Waals surface area contributed by atoms with Crippen molar-refractivity contribution in [1.82, 2.24) is 15.8 Å². The summed E-state index contributed by atoms with van der Waals surface area (Å²) in [5.41, 5.74) is 5.05. The van der Waals surface area contributed by atoms with Crippen LogP contribution in [0.2, 0.25) is 0 Å². The lowest BCUT2D eigenvalue weighted by Gasteiger charge is -2.12. The van der Waals surface area contributed by atoms with Crippen molar-refractivity contribution in [2.24, 2.45) is 0 Å². The van der Waals surface area contributed by atoms with Crippen molar-refractivity contribution in [1.29, 1.82) is 0 Å². The van der Waals surface area contributed by atoms with Gasteiger partial charge in [-0.05, 0) is 35.5 Å². The summed E-state index contributed by atoms with van der Waals surface area (Å²) >= 11 is 0.816. The number of imide groups is 1. The molecule has 0 saturated carbocycles. The lowest BCUT2D eigenvalue weighted by molar-refractivity contribution is -0.128. The fraction of sp³-hybridized carbons (Fsp3) is 0.250. The molecule has 9 heteroatoms. The van der Waals surface area contributed by atoms with E-state index < -0.39 is 23.0 Å². The van der Waals surface area contributed by atoms with Crippen molar-refractivity contribution in [2.75, 3.05) is 13.7 Å². The van der Waals surface area contributed by atoms with Crippen LogP contribution in [0.1, 0.15) is 18.9 Å². The molecule has 1 aromatic carbocycles. The highest BCUT2D eigenvalue weighted by molar-refractivity contribution is 8.18. The Morgan fingerprint density at radius 3 is 2.72 bits per heavy atom. The Hall–Kier alpha value is -2.81. The number of amides is 4. The summed E-state index contributed by atoms with van der Waals surface area (Å²) in [5.74, 6) is -0.723. The summed E-state index contributed by atoms with van der Waals surface area (Å²) in [6, 6.07) is 7.09. The first-order chi connectivity index (χ1) is 11.9. The van der Waals surface area contributed by atoms with E-state index in [-0.39, 0.29) is 17.9 Å². The van der Waals surface area contributed by atoms with Gasteiger partial charge in [-0.1, -0.05) is 12.1 Å². The third-order valence-electron chi connectivity index (χ3n) is 3.21. The minimum atomic E-state index is -0.494. The van der Waals surface area contributed by atoms with Crippen molar-refractivity contribution in [3.05, 3.63) is 34.7 Å². The zero-order valence-corrected chi connectivity index (χ0v) is 14.5. The van der Waals surface area contributed by atoms with Crippen LogP contribution in [0, 0.1) is 0 Å². The first-order valence-corrected chi connectivity index (χ1v) is 8.17. The molecule has 1 heterocycles. The minimum absolute atomic E-state index is 0.0640. The number of thioether (sulfide) groups is 1. The Kier molecular flexibility index (Phi) is 6.18. The highest BCUT2D eigenvalue weighted by Gasteiger charge is 2.35. The summed E-state index contributed by atoms with van der Waals surface area (Å²) in [7, 11) is 1.54. The van der Waals surface area contributed by atoms with E-state index in [2.05, 4.69) is 10.9 Å². The van der Waals surface area contributed by atoms with E-state index in [1.807, 2.05) is 0 Å². The van der Waals surface area contributed by atoms with E-state index in [1.165, 1.54) is 6.92 Å². The van der Waals surface area contributed by atoms with Gasteiger partial charge in [0.05, 0.1) is 12.0 Å². The van der Waals surface area contributed by atoms with E-state index in [9.17, 15) is 19.2 Å². The average Bonchev–Trinajstić information content (AvgIpc) is 2.84. The molecule has 0 spiro atoms. The summed E-state index contributed by atoms with van der Waals surface area (Å²) < 4.78 is 5.12. The molecule has 1 aliphatic rings. The monoisotopic (exact) mass is 363 g/mol. The van der Waals surface area contributed by atoms with Gasteiger partial charge in [-0.25, -0.2) is 0 Å². The number of carbonyl (C=O) groups excluding carboxylic acids is 4. The Bertz CT molecular complexity index is 747. The predicted octanol–water partition coefficient (Wildman–Crippen LogP) is 1.29. The molecule has 1 fully saturated rings. The van der Waals surface area contributed by atoms with Crippen molar-refractivity contribution >= 4 is 40.8 Å². The Labute approximate surface area is 148 Å². The van der Waals surface area contributed by atoms with Crippen LogP contribution in [-0.2, 0) is 14.4 Å². The molecule has 0 radical (unpaired) electrons. The van der Waals surface area contributed by atoms with Gasteiger partial charge in [0.25, 0.3) is 11.1 Å². The second-order valence-corrected chi connectivity index (χ2v) is 6.08. The second-order valence-electron chi connectivity index (χ2n) is 5.09. The molecular weight excluding hydrogens is 346 g/mol. The van der Waals surface area contributed by atoms with Crippen LogP contribution in [0.5, 0.6) is 5.75 Å². The maximum Gasteiger partial charge on any atom is 0.293 e. The number of hydrogen-bond acceptors (Lipinski definition) is 6. The van der Waals surface area contributed by atoms with E-state index >= 15 is 0 Å². The average molecular weight is 363 g/mol. The van der Waals surface area contributed by atoms with Crippen molar-refractivity contribution < 1.29 is 23.9 Å². The van der Waals surface area contributed by atoms with Gasteiger partial charge in [-0.2, -0.15) is 0 Å². The zero-order valence-electron chi connectivity index (χ0n) is 13.7. The number of ether oxygens (including phenoxy) is 1. The first-order valence-electron chi connectivity index (χ1n) is 7.35. The van der Waals surface area contributed by atoms with Gasteiger partial charge in [0.2, 0.25) is 11.8 Å². The standard InChI is InChI=1S/C16H17N3O5S/c1-10(20)17-18-14(21)6-7-19-15(22)13(25-16(19)23)9-11-4-3-5-12(8-11)24-2/h3-5,8-9H,6-7H2,1-2H3,(H,17,20)(H,18,21)/b13-9-. The number of nitrogens with zero attached hydrogens (tertiary/aromatic N) is 1. The largest absolute Gasteiger partial charge is 0.497 e. The molecule has 4 amide bonds. The summed E-state index contributed by atoms with van der Waals surface area (Å²) in [6.45, 7) is 1.19. The Morgan fingerprint density at radius 2 is 2.04 bits per heavy atom. The number of nitrogens with one attached hydrogen (secondary N) is 2. The van der Waals surface area contributed by atoms with Gasteiger partial charge in [0.15, 0.2) is 0 Å². The maximum absolute atomic E-state index is 12.3. The van der Waals surface area contributed by atoms with Gasteiger partial charge in [-0.15, -0.1) is 0 Å². The lowest BCUT2D eigenvalue weighted by atomic mass is 10.2. The molecule has 0 unspecified atom stereocenters. The molecular formula is C16H17N3O5S. The highest BCUT2D eigenvalue weighted by Crippen LogP contribution is 2.32. The molecule has 8 nitrogen and oxygen atoms in total. The Balaban J connectivity index is 2.00. The fourth-order valence-electron chi connectivity index (χ4n) is 2.01. The molecule has 0 bridgehead atoms. The number of hydrogen-bond donors (Lipinski definition) is 2. The van der Waals surface area contributed by atoms with E-state index in [1.54, 1.807) is 37.5 Å². The SMILES string of the molecule is COc1cccc(/C=C2\SC(=O)N(CCC(=O)NNC(C)=O)C2=O)c1.